The van der Waals surface area contributed by atoms with Crippen LogP contribution in [0.3, 0.4) is 0 Å². The molecule has 0 unspecified atom stereocenters. The Morgan fingerprint density at radius 3 is 1.58 bits per heavy atom. The van der Waals surface area contributed by atoms with Crippen molar-refractivity contribution in [3.05, 3.63) is 237 Å². The summed E-state index contributed by atoms with van der Waals surface area (Å²) < 4.78 is 7.36. The average molecular weight is 898 g/mol. The van der Waals surface area contributed by atoms with Crippen LogP contribution in [-0.4, -0.2) is 24.1 Å². The molecule has 4 heterocycles. The molecular formula is C63H39N5S. The monoisotopic (exact) mass is 897 g/mol. The summed E-state index contributed by atoms with van der Waals surface area (Å²) in [5.41, 5.74) is 14.4. The summed E-state index contributed by atoms with van der Waals surface area (Å²) in [6.07, 6.45) is 0. The number of hydrogen-bond acceptors (Lipinski definition) is 4. The van der Waals surface area contributed by atoms with E-state index in [2.05, 4.69) is 221 Å². The third-order valence-corrected chi connectivity index (χ3v) is 14.7. The summed E-state index contributed by atoms with van der Waals surface area (Å²) in [5, 5.41) is 7.17. The highest BCUT2D eigenvalue weighted by atomic mass is 32.1. The molecule has 0 radical (unpaired) electrons. The van der Waals surface area contributed by atoms with Gasteiger partial charge in [0.1, 0.15) is 0 Å². The maximum absolute atomic E-state index is 5.32. The van der Waals surface area contributed by atoms with Crippen molar-refractivity contribution in [2.45, 2.75) is 0 Å². The van der Waals surface area contributed by atoms with Crippen molar-refractivity contribution in [2.24, 2.45) is 0 Å². The van der Waals surface area contributed by atoms with Crippen LogP contribution in [0.2, 0.25) is 0 Å². The molecule has 6 heteroatoms. The van der Waals surface area contributed by atoms with Gasteiger partial charge in [0.2, 0.25) is 0 Å². The van der Waals surface area contributed by atoms with Gasteiger partial charge < -0.3 is 9.13 Å². The standard InChI is InChI=1S/C63H39N5S/c1-5-16-40(17-6-1)42-28-30-44(31-29-42)62-64-61(43-20-9-3-10-21-43)65-63(66-62)50-25-15-27-55-58(50)49-34-37-57-59(60(49)68(55)46-22-11-4-12-23-46)52-39-47(33-36-56(52)69-57)67-53-26-14-13-24-48(53)51-38-45(32-35-54(51)67)41-18-7-2-8-19-41/h1-39H. The molecule has 4 aromatic heterocycles. The van der Waals surface area contributed by atoms with Gasteiger partial charge in [-0.15, -0.1) is 11.3 Å². The molecule has 0 saturated heterocycles. The number of fused-ring (bicyclic) bond motifs is 10. The number of thiophene rings is 1. The van der Waals surface area contributed by atoms with E-state index in [1.165, 1.54) is 58.7 Å². The van der Waals surface area contributed by atoms with E-state index >= 15 is 0 Å². The second-order valence-electron chi connectivity index (χ2n) is 17.6. The van der Waals surface area contributed by atoms with Crippen molar-refractivity contribution < 1.29 is 0 Å². The molecule has 0 aliphatic heterocycles. The fraction of sp³-hybridized carbons (Fsp3) is 0. The van der Waals surface area contributed by atoms with E-state index in [0.29, 0.717) is 17.5 Å². The van der Waals surface area contributed by atoms with Gasteiger partial charge in [-0.2, -0.15) is 0 Å². The zero-order valence-corrected chi connectivity index (χ0v) is 38.0. The van der Waals surface area contributed by atoms with E-state index in [1.807, 2.05) is 35.6 Å². The van der Waals surface area contributed by atoms with Crippen molar-refractivity contribution in [1.29, 1.82) is 0 Å². The van der Waals surface area contributed by atoms with Gasteiger partial charge in [0.25, 0.3) is 0 Å². The molecule has 69 heavy (non-hydrogen) atoms. The number of para-hydroxylation sites is 2. The summed E-state index contributed by atoms with van der Waals surface area (Å²) >= 11 is 1.85. The number of nitrogens with zero attached hydrogens (tertiary/aromatic N) is 5. The highest BCUT2D eigenvalue weighted by Gasteiger charge is 2.23. The van der Waals surface area contributed by atoms with Crippen molar-refractivity contribution >= 4 is 75.1 Å². The molecule has 0 aliphatic carbocycles. The topological polar surface area (TPSA) is 48.5 Å². The quantitative estimate of drug-likeness (QED) is 0.160. The minimum absolute atomic E-state index is 0.627. The summed E-state index contributed by atoms with van der Waals surface area (Å²) in [4.78, 5) is 15.7. The number of rotatable bonds is 7. The minimum atomic E-state index is 0.627. The van der Waals surface area contributed by atoms with Gasteiger partial charge in [-0.3, -0.25) is 0 Å². The van der Waals surface area contributed by atoms with Gasteiger partial charge in [-0.1, -0.05) is 176 Å². The fourth-order valence-corrected chi connectivity index (χ4v) is 11.5. The zero-order valence-electron chi connectivity index (χ0n) is 37.2. The molecule has 0 amide bonds. The second kappa shape index (κ2) is 15.8. The first-order valence-corrected chi connectivity index (χ1v) is 24.1. The molecule has 0 aliphatic rings. The third kappa shape index (κ3) is 6.41. The Morgan fingerprint density at radius 1 is 0.290 bits per heavy atom. The molecule has 0 N–H and O–H groups in total. The highest BCUT2D eigenvalue weighted by Crippen LogP contribution is 2.46. The Morgan fingerprint density at radius 2 is 0.841 bits per heavy atom. The lowest BCUT2D eigenvalue weighted by atomic mass is 10.0. The largest absolute Gasteiger partial charge is 0.309 e. The maximum Gasteiger partial charge on any atom is 0.164 e. The van der Waals surface area contributed by atoms with Crippen LogP contribution in [0.5, 0.6) is 0 Å². The molecule has 10 aromatic carbocycles. The summed E-state index contributed by atoms with van der Waals surface area (Å²) in [7, 11) is 0. The Hall–Kier alpha value is -8.97. The summed E-state index contributed by atoms with van der Waals surface area (Å²) in [6, 6.07) is 84.5. The first kappa shape index (κ1) is 39.2. The first-order chi connectivity index (χ1) is 34.2. The van der Waals surface area contributed by atoms with E-state index in [4.69, 9.17) is 15.0 Å². The van der Waals surface area contributed by atoms with Gasteiger partial charge in [-0.05, 0) is 82.9 Å². The smallest absolute Gasteiger partial charge is 0.164 e. The predicted molar refractivity (Wildman–Crippen MR) is 289 cm³/mol. The SMILES string of the molecule is c1ccc(-c2ccc(-c3nc(-c4ccccc4)nc(-c4cccc5c4c4ccc6sc7ccc(-n8c9ccccc9c9cc(-c%10ccccc%10)ccc98)cc7c6c4n5-c4ccccc4)n3)cc2)cc1. The van der Waals surface area contributed by atoms with Crippen LogP contribution < -0.4 is 0 Å². The van der Waals surface area contributed by atoms with E-state index in [9.17, 15) is 0 Å². The van der Waals surface area contributed by atoms with Gasteiger partial charge in [-0.25, -0.2) is 15.0 Å². The molecule has 0 atom stereocenters. The minimum Gasteiger partial charge on any atom is -0.309 e. The van der Waals surface area contributed by atoms with E-state index < -0.39 is 0 Å². The zero-order chi connectivity index (χ0) is 45.4. The van der Waals surface area contributed by atoms with E-state index in [-0.39, 0.29) is 0 Å². The summed E-state index contributed by atoms with van der Waals surface area (Å²) in [6.45, 7) is 0. The average Bonchev–Trinajstić information content (AvgIpc) is 4.09. The van der Waals surface area contributed by atoms with Gasteiger partial charge in [0, 0.05) is 69.8 Å². The lowest BCUT2D eigenvalue weighted by Gasteiger charge is -2.11. The van der Waals surface area contributed by atoms with Gasteiger partial charge >= 0.3 is 0 Å². The maximum atomic E-state index is 5.32. The molecule has 0 saturated carbocycles. The van der Waals surface area contributed by atoms with Crippen molar-refractivity contribution in [2.75, 3.05) is 0 Å². The molecule has 0 spiro atoms. The van der Waals surface area contributed by atoms with Crippen LogP contribution in [0.25, 0.3) is 132 Å². The molecule has 14 aromatic rings. The highest BCUT2D eigenvalue weighted by molar-refractivity contribution is 7.26. The molecule has 5 nitrogen and oxygen atoms in total. The van der Waals surface area contributed by atoms with Crippen molar-refractivity contribution in [3.63, 3.8) is 0 Å². The van der Waals surface area contributed by atoms with Crippen LogP contribution in [0.15, 0.2) is 237 Å². The predicted octanol–water partition coefficient (Wildman–Crippen LogP) is 16.8. The Bertz CT molecular complexity index is 4270. The molecule has 0 bridgehead atoms. The van der Waals surface area contributed by atoms with Crippen LogP contribution in [0.1, 0.15) is 0 Å². The fourth-order valence-electron chi connectivity index (χ4n) is 10.4. The molecule has 14 rings (SSSR count). The van der Waals surface area contributed by atoms with Crippen LogP contribution in [0, 0.1) is 0 Å². The summed E-state index contributed by atoms with van der Waals surface area (Å²) in [5.74, 6) is 1.89. The Labute approximate surface area is 401 Å². The van der Waals surface area contributed by atoms with Gasteiger partial charge in [0.05, 0.1) is 22.1 Å². The van der Waals surface area contributed by atoms with Crippen LogP contribution in [0.4, 0.5) is 0 Å². The number of hydrogen-bond donors (Lipinski definition) is 0. The Kier molecular flexibility index (Phi) is 9.00. The third-order valence-electron chi connectivity index (χ3n) is 13.6. The molecule has 0 fully saturated rings. The first-order valence-electron chi connectivity index (χ1n) is 23.3. The number of aromatic nitrogens is 5. The lowest BCUT2D eigenvalue weighted by molar-refractivity contribution is 1.08. The van der Waals surface area contributed by atoms with Crippen molar-refractivity contribution in [3.8, 4) is 67.8 Å². The number of benzene rings is 10. The van der Waals surface area contributed by atoms with Crippen LogP contribution >= 0.6 is 11.3 Å². The normalized spacial score (nSPS) is 11.8. The molecule has 322 valence electrons. The molecular weight excluding hydrogens is 859 g/mol. The lowest BCUT2D eigenvalue weighted by Crippen LogP contribution is -2.00. The van der Waals surface area contributed by atoms with E-state index in [1.54, 1.807) is 0 Å². The van der Waals surface area contributed by atoms with Gasteiger partial charge in [0.15, 0.2) is 17.5 Å². The van der Waals surface area contributed by atoms with Crippen molar-refractivity contribution in [1.82, 2.24) is 24.1 Å². The Balaban J connectivity index is 1.01. The second-order valence-corrected chi connectivity index (χ2v) is 18.6. The van der Waals surface area contributed by atoms with E-state index in [0.717, 1.165) is 55.4 Å². The van der Waals surface area contributed by atoms with Crippen LogP contribution in [-0.2, 0) is 0 Å².